The molecule has 0 saturated carbocycles. The van der Waals surface area contributed by atoms with Gasteiger partial charge in [0.25, 0.3) is 0 Å². The number of hydrogen-bond donors (Lipinski definition) is 3. The first-order chi connectivity index (χ1) is 12.4. The van der Waals surface area contributed by atoms with E-state index in [1.807, 2.05) is 6.07 Å². The minimum atomic E-state index is -0.972. The number of carbonyl (C=O) groups is 2. The molecule has 8 heteroatoms. The zero-order valence-corrected chi connectivity index (χ0v) is 14.0. The lowest BCUT2D eigenvalue weighted by atomic mass is 10.1. The van der Waals surface area contributed by atoms with Crippen LogP contribution in [0.2, 0.25) is 0 Å². The maximum Gasteiger partial charge on any atom is 0.309 e. The lowest BCUT2D eigenvalue weighted by Crippen LogP contribution is -2.04. The van der Waals surface area contributed by atoms with Crippen molar-refractivity contribution in [3.8, 4) is 23.0 Å². The molecular formula is C18H18O8. The molecule has 2 aromatic rings. The number of aromatic hydroxyl groups is 2. The van der Waals surface area contributed by atoms with E-state index >= 15 is 0 Å². The summed E-state index contributed by atoms with van der Waals surface area (Å²) < 4.78 is 14.9. The summed E-state index contributed by atoms with van der Waals surface area (Å²) in [5, 5.41) is 26.2. The van der Waals surface area contributed by atoms with Crippen molar-refractivity contribution in [2.75, 3.05) is 13.9 Å². The molecule has 0 amide bonds. The van der Waals surface area contributed by atoms with Crippen molar-refractivity contribution >= 4 is 11.9 Å². The number of hydrogen-bond acceptors (Lipinski definition) is 7. The van der Waals surface area contributed by atoms with Gasteiger partial charge in [-0.2, -0.15) is 0 Å². The van der Waals surface area contributed by atoms with Gasteiger partial charge in [-0.05, 0) is 35.4 Å². The minimum Gasteiger partial charge on any atom is -0.504 e. The quantitative estimate of drug-likeness (QED) is 0.556. The van der Waals surface area contributed by atoms with E-state index in [2.05, 4.69) is 4.74 Å². The highest BCUT2D eigenvalue weighted by molar-refractivity contribution is 5.72. The number of rotatable bonds is 4. The third-order valence-corrected chi connectivity index (χ3v) is 3.41. The molecule has 0 aliphatic carbocycles. The Morgan fingerprint density at radius 2 is 1.62 bits per heavy atom. The highest BCUT2D eigenvalue weighted by Gasteiger charge is 2.14. The van der Waals surface area contributed by atoms with E-state index in [1.54, 1.807) is 12.1 Å². The van der Waals surface area contributed by atoms with Gasteiger partial charge >= 0.3 is 11.9 Å². The molecule has 1 aliphatic rings. The summed E-state index contributed by atoms with van der Waals surface area (Å²) in [4.78, 5) is 21.2. The van der Waals surface area contributed by atoms with Gasteiger partial charge in [-0.25, -0.2) is 0 Å². The van der Waals surface area contributed by atoms with Gasteiger partial charge in [0, 0.05) is 0 Å². The summed E-state index contributed by atoms with van der Waals surface area (Å²) in [5.41, 5.74) is 1.32. The molecule has 8 nitrogen and oxygen atoms in total. The monoisotopic (exact) mass is 362 g/mol. The second kappa shape index (κ2) is 8.61. The highest BCUT2D eigenvalue weighted by Crippen LogP contribution is 2.32. The Hall–Kier alpha value is -3.42. The van der Waals surface area contributed by atoms with Crippen molar-refractivity contribution in [2.45, 2.75) is 12.8 Å². The largest absolute Gasteiger partial charge is 0.504 e. The molecular weight excluding hydrogens is 344 g/mol. The molecule has 26 heavy (non-hydrogen) atoms. The Bertz CT molecular complexity index is 800. The lowest BCUT2D eigenvalue weighted by molar-refractivity contribution is -0.140. The fourth-order valence-electron chi connectivity index (χ4n) is 2.14. The van der Waals surface area contributed by atoms with Crippen LogP contribution in [0.3, 0.4) is 0 Å². The number of ether oxygens (including phenoxy) is 3. The fourth-order valence-corrected chi connectivity index (χ4v) is 2.14. The van der Waals surface area contributed by atoms with Crippen LogP contribution in [0.5, 0.6) is 23.0 Å². The smallest absolute Gasteiger partial charge is 0.309 e. The second-order valence-corrected chi connectivity index (χ2v) is 5.33. The van der Waals surface area contributed by atoms with Gasteiger partial charge in [0.1, 0.15) is 0 Å². The van der Waals surface area contributed by atoms with Gasteiger partial charge in [0.05, 0.1) is 20.0 Å². The molecule has 3 N–H and O–H groups in total. The van der Waals surface area contributed by atoms with Gasteiger partial charge < -0.3 is 29.5 Å². The first-order valence-electron chi connectivity index (χ1n) is 7.57. The first kappa shape index (κ1) is 18.9. The lowest BCUT2D eigenvalue weighted by Gasteiger charge is -2.01. The number of carbonyl (C=O) groups excluding carboxylic acids is 1. The zero-order chi connectivity index (χ0) is 19.1. The van der Waals surface area contributed by atoms with Crippen LogP contribution in [0.15, 0.2) is 36.4 Å². The first-order valence-corrected chi connectivity index (χ1v) is 7.57. The summed E-state index contributed by atoms with van der Waals surface area (Å²) in [7, 11) is 1.37. The van der Waals surface area contributed by atoms with Crippen molar-refractivity contribution in [1.29, 1.82) is 0 Å². The Labute approximate surface area is 149 Å². The van der Waals surface area contributed by atoms with E-state index in [0.29, 0.717) is 11.3 Å². The molecule has 0 saturated heterocycles. The van der Waals surface area contributed by atoms with E-state index < -0.39 is 5.97 Å². The number of phenols is 2. The van der Waals surface area contributed by atoms with Crippen LogP contribution in [0, 0.1) is 0 Å². The number of benzene rings is 2. The molecule has 138 valence electrons. The van der Waals surface area contributed by atoms with E-state index in [1.165, 1.54) is 25.3 Å². The Morgan fingerprint density at radius 1 is 0.962 bits per heavy atom. The Morgan fingerprint density at radius 3 is 2.27 bits per heavy atom. The van der Waals surface area contributed by atoms with Crippen LogP contribution in [0.1, 0.15) is 11.1 Å². The van der Waals surface area contributed by atoms with Crippen molar-refractivity contribution in [3.05, 3.63) is 47.5 Å². The van der Waals surface area contributed by atoms with E-state index in [4.69, 9.17) is 24.8 Å². The standard InChI is InChI=1S/C10H10O4.C8H8O4/c1-12-10(11)5-7-2-3-8-9(4-7)14-6-13-8;9-6-2-1-5(3-7(6)10)4-8(11)12/h2-4H,5-6H2,1H3;1-3,9-10H,4H2,(H,11,12). The molecule has 0 fully saturated rings. The number of methoxy groups -OCH3 is 1. The summed E-state index contributed by atoms with van der Waals surface area (Å²) in [6.45, 7) is 0.247. The molecule has 0 radical (unpaired) electrons. The number of carboxylic acid groups (broad SMARTS) is 1. The number of fused-ring (bicyclic) bond motifs is 1. The molecule has 0 aromatic heterocycles. The van der Waals surface area contributed by atoms with E-state index in [-0.39, 0.29) is 37.1 Å². The van der Waals surface area contributed by atoms with Crippen LogP contribution in [0.4, 0.5) is 0 Å². The van der Waals surface area contributed by atoms with Crippen molar-refractivity contribution in [2.24, 2.45) is 0 Å². The molecule has 1 aliphatic heterocycles. The third-order valence-electron chi connectivity index (χ3n) is 3.41. The van der Waals surface area contributed by atoms with Crippen LogP contribution < -0.4 is 9.47 Å². The van der Waals surface area contributed by atoms with Crippen molar-refractivity contribution in [1.82, 2.24) is 0 Å². The van der Waals surface area contributed by atoms with Crippen LogP contribution in [-0.4, -0.2) is 41.2 Å². The topological polar surface area (TPSA) is 123 Å². The summed E-state index contributed by atoms with van der Waals surface area (Å²) in [5.74, 6) is -0.369. The van der Waals surface area contributed by atoms with Crippen LogP contribution >= 0.6 is 0 Å². The number of phenolic OH excluding ortho intramolecular Hbond substituents is 2. The zero-order valence-electron chi connectivity index (χ0n) is 14.0. The van der Waals surface area contributed by atoms with Gasteiger partial charge in [-0.3, -0.25) is 9.59 Å². The average Bonchev–Trinajstić information content (AvgIpc) is 3.06. The Kier molecular flexibility index (Phi) is 6.26. The molecule has 0 bridgehead atoms. The van der Waals surface area contributed by atoms with Crippen molar-refractivity contribution < 1.29 is 39.1 Å². The molecule has 3 rings (SSSR count). The number of esters is 1. The SMILES string of the molecule is COC(=O)Cc1ccc2c(c1)OCO2.O=C(O)Cc1ccc(O)c(O)c1. The second-order valence-electron chi connectivity index (χ2n) is 5.33. The summed E-state index contributed by atoms with van der Waals surface area (Å²) in [6.07, 6.45) is 0.0982. The third kappa shape index (κ3) is 5.30. The molecule has 0 spiro atoms. The molecule has 2 aromatic carbocycles. The van der Waals surface area contributed by atoms with Gasteiger partial charge in [-0.15, -0.1) is 0 Å². The highest BCUT2D eigenvalue weighted by atomic mass is 16.7. The van der Waals surface area contributed by atoms with Gasteiger partial charge in [0.15, 0.2) is 23.0 Å². The molecule has 0 atom stereocenters. The molecule has 0 unspecified atom stereocenters. The van der Waals surface area contributed by atoms with E-state index in [0.717, 1.165) is 11.3 Å². The predicted molar refractivity (Wildman–Crippen MR) is 89.4 cm³/mol. The average molecular weight is 362 g/mol. The van der Waals surface area contributed by atoms with Crippen LogP contribution in [-0.2, 0) is 27.2 Å². The van der Waals surface area contributed by atoms with Gasteiger partial charge in [-0.1, -0.05) is 12.1 Å². The normalized spacial score (nSPS) is 11.3. The van der Waals surface area contributed by atoms with E-state index in [9.17, 15) is 9.59 Å². The maximum atomic E-state index is 11.0. The number of carboxylic acids is 1. The van der Waals surface area contributed by atoms with Crippen LogP contribution in [0.25, 0.3) is 0 Å². The molecule has 1 heterocycles. The summed E-state index contributed by atoms with van der Waals surface area (Å²) in [6, 6.07) is 9.34. The fraction of sp³-hybridized carbons (Fsp3) is 0.222. The predicted octanol–water partition coefficient (Wildman–Crippen LogP) is 1.86. The van der Waals surface area contributed by atoms with Crippen molar-refractivity contribution in [3.63, 3.8) is 0 Å². The van der Waals surface area contributed by atoms with Gasteiger partial charge in [0.2, 0.25) is 6.79 Å². The summed E-state index contributed by atoms with van der Waals surface area (Å²) >= 11 is 0. The Balaban J connectivity index is 0.000000190. The minimum absolute atomic E-state index is 0.159. The number of aliphatic carboxylic acids is 1. The maximum absolute atomic E-state index is 11.0.